The van der Waals surface area contributed by atoms with Gasteiger partial charge in [-0.25, -0.2) is 13.4 Å². The lowest BCUT2D eigenvalue weighted by atomic mass is 9.92. The van der Waals surface area contributed by atoms with Crippen LogP contribution in [-0.2, 0) is 10.0 Å². The highest BCUT2D eigenvalue weighted by Crippen LogP contribution is 2.42. The van der Waals surface area contributed by atoms with Gasteiger partial charge < -0.3 is 4.57 Å². The van der Waals surface area contributed by atoms with Crippen molar-refractivity contribution in [2.45, 2.75) is 63.2 Å². The predicted molar refractivity (Wildman–Crippen MR) is 116 cm³/mol. The molecular formula is C22H22F3N5O2S. The Bertz CT molecular complexity index is 1390. The van der Waals surface area contributed by atoms with E-state index in [1.807, 2.05) is 17.6 Å². The summed E-state index contributed by atoms with van der Waals surface area (Å²) in [5.74, 6) is 0. The van der Waals surface area contributed by atoms with Gasteiger partial charge in [-0.3, -0.25) is 4.98 Å². The number of rotatable bonds is 5. The van der Waals surface area contributed by atoms with E-state index in [-0.39, 0.29) is 16.5 Å². The zero-order valence-electron chi connectivity index (χ0n) is 18.2. The molecule has 1 aliphatic rings. The summed E-state index contributed by atoms with van der Waals surface area (Å²) in [7, 11) is -4.45. The van der Waals surface area contributed by atoms with Crippen molar-refractivity contribution in [2.24, 2.45) is 0 Å². The molecule has 0 aliphatic heterocycles. The topological polar surface area (TPSA) is 101 Å². The van der Waals surface area contributed by atoms with Crippen LogP contribution in [0.4, 0.5) is 13.2 Å². The maximum absolute atomic E-state index is 12.9. The van der Waals surface area contributed by atoms with Crippen LogP contribution in [0.1, 0.15) is 48.9 Å². The number of nitrogens with zero attached hydrogens (tertiary/aromatic N) is 4. The van der Waals surface area contributed by atoms with E-state index in [0.717, 1.165) is 37.9 Å². The van der Waals surface area contributed by atoms with E-state index in [0.29, 0.717) is 28.0 Å². The Morgan fingerprint density at radius 3 is 2.45 bits per heavy atom. The van der Waals surface area contributed by atoms with E-state index in [1.165, 1.54) is 13.0 Å². The van der Waals surface area contributed by atoms with E-state index in [9.17, 15) is 26.9 Å². The lowest BCUT2D eigenvalue weighted by Gasteiger charge is -2.29. The minimum Gasteiger partial charge on any atom is -0.320 e. The average molecular weight is 478 g/mol. The number of sulfonamides is 1. The van der Waals surface area contributed by atoms with Gasteiger partial charge >= 0.3 is 6.18 Å². The van der Waals surface area contributed by atoms with Gasteiger partial charge in [-0.05, 0) is 63.3 Å². The average Bonchev–Trinajstić information content (AvgIpc) is 2.98. The molecule has 1 aliphatic carbocycles. The monoisotopic (exact) mass is 477 g/mol. The largest absolute Gasteiger partial charge is 0.404 e. The standard InChI is InChI=1S/C22H22F3N5O2S/c1-12-7-16-17(9-26)20(30(15-5-4-6-15)21(16)28-10-12)18-8-13(2)19(11-27-18)33(31,32)29-14(3)22(23,24)25/h7-8,10-11,14-15,29H,4-6H2,1-3H3/t14-/m0/s1. The van der Waals surface area contributed by atoms with Crippen molar-refractivity contribution in [2.75, 3.05) is 0 Å². The van der Waals surface area contributed by atoms with Gasteiger partial charge in [0, 0.05) is 23.8 Å². The molecule has 1 saturated carbocycles. The number of hydrogen-bond donors (Lipinski definition) is 1. The predicted octanol–water partition coefficient (Wildman–Crippen LogP) is 4.54. The molecule has 3 heterocycles. The van der Waals surface area contributed by atoms with Crippen molar-refractivity contribution < 1.29 is 21.6 Å². The molecule has 0 spiro atoms. The SMILES string of the molecule is Cc1cnc2c(c1)c(C#N)c(-c1cc(C)c(S(=O)(=O)N[C@@H](C)C(F)(F)F)cn1)n2C1CCC1. The summed E-state index contributed by atoms with van der Waals surface area (Å²) >= 11 is 0. The number of nitrogens with one attached hydrogen (secondary N) is 1. The fourth-order valence-corrected chi connectivity index (χ4v) is 5.37. The van der Waals surface area contributed by atoms with Gasteiger partial charge in [0.15, 0.2) is 0 Å². The van der Waals surface area contributed by atoms with Crippen LogP contribution in [0.5, 0.6) is 0 Å². The second-order valence-corrected chi connectivity index (χ2v) is 10.1. The molecule has 0 bridgehead atoms. The van der Waals surface area contributed by atoms with Crippen LogP contribution in [-0.4, -0.2) is 35.2 Å². The molecule has 1 fully saturated rings. The smallest absolute Gasteiger partial charge is 0.320 e. The number of pyridine rings is 2. The minimum atomic E-state index is -4.72. The number of halogens is 3. The first-order chi connectivity index (χ1) is 15.4. The van der Waals surface area contributed by atoms with Gasteiger partial charge in [0.25, 0.3) is 0 Å². The summed E-state index contributed by atoms with van der Waals surface area (Å²) in [6.45, 7) is 4.10. The number of hydrogen-bond acceptors (Lipinski definition) is 5. The van der Waals surface area contributed by atoms with Crippen molar-refractivity contribution in [3.8, 4) is 17.5 Å². The zero-order valence-corrected chi connectivity index (χ0v) is 19.0. The Labute approximate surface area is 189 Å². The van der Waals surface area contributed by atoms with Crippen LogP contribution < -0.4 is 4.72 Å². The molecule has 3 aromatic heterocycles. The van der Waals surface area contributed by atoms with Gasteiger partial charge in [0.05, 0.1) is 17.0 Å². The third kappa shape index (κ3) is 4.09. The summed E-state index contributed by atoms with van der Waals surface area (Å²) in [4.78, 5) is 8.47. The maximum atomic E-state index is 12.9. The van der Waals surface area contributed by atoms with Gasteiger partial charge in [-0.15, -0.1) is 0 Å². The highest BCUT2D eigenvalue weighted by atomic mass is 32.2. The third-order valence-corrected chi connectivity index (χ3v) is 7.62. The molecule has 0 radical (unpaired) electrons. The Balaban J connectivity index is 1.85. The summed E-state index contributed by atoms with van der Waals surface area (Å²) in [5, 5.41) is 10.6. The Morgan fingerprint density at radius 2 is 1.91 bits per heavy atom. The Morgan fingerprint density at radius 1 is 1.21 bits per heavy atom. The van der Waals surface area contributed by atoms with E-state index in [2.05, 4.69) is 16.0 Å². The van der Waals surface area contributed by atoms with Crippen molar-refractivity contribution in [1.29, 1.82) is 5.26 Å². The number of fused-ring (bicyclic) bond motifs is 1. The van der Waals surface area contributed by atoms with Crippen molar-refractivity contribution in [1.82, 2.24) is 19.3 Å². The highest BCUT2D eigenvalue weighted by Gasteiger charge is 2.39. The lowest BCUT2D eigenvalue weighted by Crippen LogP contribution is -2.43. The summed E-state index contributed by atoms with van der Waals surface area (Å²) in [5.41, 5.74) is 3.08. The second kappa shape index (κ2) is 8.11. The number of aromatic nitrogens is 3. The molecule has 1 atom stereocenters. The zero-order chi connectivity index (χ0) is 24.1. The van der Waals surface area contributed by atoms with Crippen LogP contribution in [0.25, 0.3) is 22.4 Å². The molecule has 7 nitrogen and oxygen atoms in total. The normalized spacial score (nSPS) is 15.9. The first kappa shape index (κ1) is 23.2. The summed E-state index contributed by atoms with van der Waals surface area (Å²) in [6.07, 6.45) is 0.932. The molecule has 4 rings (SSSR count). The molecule has 0 saturated heterocycles. The lowest BCUT2D eigenvalue weighted by molar-refractivity contribution is -0.147. The molecule has 11 heteroatoms. The summed E-state index contributed by atoms with van der Waals surface area (Å²) < 4.78 is 67.4. The van der Waals surface area contributed by atoms with Crippen LogP contribution in [0, 0.1) is 25.2 Å². The molecule has 0 aromatic carbocycles. The Kier molecular flexibility index (Phi) is 5.70. The fraction of sp³-hybridized carbons (Fsp3) is 0.409. The van der Waals surface area contributed by atoms with Crippen LogP contribution in [0.3, 0.4) is 0 Å². The fourth-order valence-electron chi connectivity index (χ4n) is 3.97. The van der Waals surface area contributed by atoms with E-state index in [1.54, 1.807) is 10.9 Å². The molecule has 174 valence electrons. The highest BCUT2D eigenvalue weighted by molar-refractivity contribution is 7.89. The van der Waals surface area contributed by atoms with Gasteiger partial charge in [0.1, 0.15) is 22.7 Å². The molecular weight excluding hydrogens is 455 g/mol. The number of alkyl halides is 3. The first-order valence-corrected chi connectivity index (χ1v) is 11.9. The molecule has 1 N–H and O–H groups in total. The first-order valence-electron chi connectivity index (χ1n) is 10.4. The van der Waals surface area contributed by atoms with Gasteiger partial charge in [0.2, 0.25) is 10.0 Å². The van der Waals surface area contributed by atoms with Crippen LogP contribution in [0.15, 0.2) is 29.4 Å². The van der Waals surface area contributed by atoms with E-state index < -0.39 is 22.2 Å². The van der Waals surface area contributed by atoms with Crippen LogP contribution >= 0.6 is 0 Å². The van der Waals surface area contributed by atoms with Gasteiger partial charge in [-0.2, -0.15) is 23.2 Å². The molecule has 33 heavy (non-hydrogen) atoms. The van der Waals surface area contributed by atoms with Crippen molar-refractivity contribution in [3.05, 3.63) is 41.2 Å². The number of nitriles is 1. The summed E-state index contributed by atoms with van der Waals surface area (Å²) in [6, 6.07) is 3.50. The second-order valence-electron chi connectivity index (χ2n) is 8.39. The van der Waals surface area contributed by atoms with E-state index >= 15 is 0 Å². The molecule has 3 aromatic rings. The molecule has 0 unspecified atom stereocenters. The van der Waals surface area contributed by atoms with Gasteiger partial charge in [-0.1, -0.05) is 0 Å². The maximum Gasteiger partial charge on any atom is 0.404 e. The minimum absolute atomic E-state index is 0.139. The quantitative estimate of drug-likeness (QED) is 0.581. The molecule has 0 amide bonds. The van der Waals surface area contributed by atoms with Crippen molar-refractivity contribution in [3.63, 3.8) is 0 Å². The Hall–Kier alpha value is -2.97. The van der Waals surface area contributed by atoms with E-state index in [4.69, 9.17) is 0 Å². The third-order valence-electron chi connectivity index (χ3n) is 5.95. The van der Waals surface area contributed by atoms with Crippen LogP contribution in [0.2, 0.25) is 0 Å². The number of aryl methyl sites for hydroxylation is 2. The van der Waals surface area contributed by atoms with Crippen molar-refractivity contribution >= 4 is 21.1 Å².